The molecule has 0 saturated heterocycles. The lowest BCUT2D eigenvalue weighted by atomic mass is 10.2. The van der Waals surface area contributed by atoms with Crippen molar-refractivity contribution >= 4 is 50.2 Å². The standard InChI is InChI=1S/C12H8BrIN2O2/c13-8-2-1-5-15-11(8)16-12(18)7-3-4-9(14)10(17)6-7/h1-6,17H,(H,15,16,18). The summed E-state index contributed by atoms with van der Waals surface area (Å²) < 4.78 is 1.40. The number of nitrogens with one attached hydrogen (secondary N) is 1. The van der Waals surface area contributed by atoms with E-state index >= 15 is 0 Å². The first-order valence-electron chi connectivity index (χ1n) is 4.98. The fraction of sp³-hybridized carbons (Fsp3) is 0. The van der Waals surface area contributed by atoms with Gasteiger partial charge in [-0.25, -0.2) is 4.98 Å². The zero-order valence-electron chi connectivity index (χ0n) is 9.02. The maximum Gasteiger partial charge on any atom is 0.256 e. The molecule has 2 rings (SSSR count). The number of nitrogens with zero attached hydrogens (tertiary/aromatic N) is 1. The van der Waals surface area contributed by atoms with E-state index in [4.69, 9.17) is 0 Å². The number of halogens is 2. The second kappa shape index (κ2) is 5.66. The predicted octanol–water partition coefficient (Wildman–Crippen LogP) is 3.41. The van der Waals surface area contributed by atoms with Crippen LogP contribution in [0.5, 0.6) is 5.75 Å². The molecule has 1 amide bonds. The predicted molar refractivity (Wildman–Crippen MR) is 80.7 cm³/mol. The third-order valence-corrected chi connectivity index (χ3v) is 3.75. The lowest BCUT2D eigenvalue weighted by molar-refractivity contribution is 0.102. The third kappa shape index (κ3) is 2.99. The fourth-order valence-electron chi connectivity index (χ4n) is 1.31. The maximum absolute atomic E-state index is 11.9. The Kier molecular flexibility index (Phi) is 4.18. The number of carbonyl (C=O) groups is 1. The van der Waals surface area contributed by atoms with Gasteiger partial charge >= 0.3 is 0 Å². The van der Waals surface area contributed by atoms with Crippen molar-refractivity contribution < 1.29 is 9.90 Å². The average Bonchev–Trinajstić information content (AvgIpc) is 2.35. The van der Waals surface area contributed by atoms with Gasteiger partial charge < -0.3 is 10.4 Å². The van der Waals surface area contributed by atoms with Crippen molar-refractivity contribution in [1.82, 2.24) is 4.98 Å². The van der Waals surface area contributed by atoms with Gasteiger partial charge in [-0.2, -0.15) is 0 Å². The van der Waals surface area contributed by atoms with Crippen LogP contribution >= 0.6 is 38.5 Å². The number of hydrogen-bond donors (Lipinski definition) is 2. The summed E-state index contributed by atoms with van der Waals surface area (Å²) in [5.41, 5.74) is 0.380. The molecule has 1 heterocycles. The van der Waals surface area contributed by atoms with Gasteiger partial charge in [0.2, 0.25) is 0 Å². The van der Waals surface area contributed by atoms with Crippen LogP contribution < -0.4 is 5.32 Å². The number of phenolic OH excluding ortho intramolecular Hbond substituents is 1. The van der Waals surface area contributed by atoms with Crippen molar-refractivity contribution in [3.05, 3.63) is 50.1 Å². The molecule has 18 heavy (non-hydrogen) atoms. The average molecular weight is 419 g/mol. The van der Waals surface area contributed by atoms with Crippen molar-refractivity contribution in [2.45, 2.75) is 0 Å². The smallest absolute Gasteiger partial charge is 0.256 e. The molecule has 1 aromatic heterocycles. The summed E-state index contributed by atoms with van der Waals surface area (Å²) in [6.45, 7) is 0. The Hall–Kier alpha value is -1.15. The topological polar surface area (TPSA) is 62.2 Å². The number of pyridine rings is 1. The first-order valence-corrected chi connectivity index (χ1v) is 6.85. The summed E-state index contributed by atoms with van der Waals surface area (Å²) in [5.74, 6) is 0.213. The minimum Gasteiger partial charge on any atom is -0.507 e. The molecule has 0 fully saturated rings. The number of hydrogen-bond acceptors (Lipinski definition) is 3. The van der Waals surface area contributed by atoms with Crippen LogP contribution in [0, 0.1) is 3.57 Å². The zero-order chi connectivity index (χ0) is 13.1. The molecule has 0 radical (unpaired) electrons. The number of benzene rings is 1. The minimum absolute atomic E-state index is 0.0864. The number of aromatic hydroxyl groups is 1. The van der Waals surface area contributed by atoms with Crippen LogP contribution in [0.1, 0.15) is 10.4 Å². The molecule has 1 aromatic carbocycles. The largest absolute Gasteiger partial charge is 0.507 e. The SMILES string of the molecule is O=C(Nc1ncccc1Br)c1ccc(I)c(O)c1. The van der Waals surface area contributed by atoms with Crippen LogP contribution in [0.3, 0.4) is 0 Å². The molecule has 0 spiro atoms. The first kappa shape index (κ1) is 13.3. The van der Waals surface area contributed by atoms with E-state index in [2.05, 4.69) is 26.2 Å². The van der Waals surface area contributed by atoms with E-state index in [-0.39, 0.29) is 11.7 Å². The molecule has 6 heteroatoms. The van der Waals surface area contributed by atoms with Crippen molar-refractivity contribution in [2.24, 2.45) is 0 Å². The highest BCUT2D eigenvalue weighted by Gasteiger charge is 2.10. The summed E-state index contributed by atoms with van der Waals surface area (Å²) in [7, 11) is 0. The van der Waals surface area contributed by atoms with Crippen molar-refractivity contribution in [3.63, 3.8) is 0 Å². The molecule has 0 unspecified atom stereocenters. The maximum atomic E-state index is 11.9. The van der Waals surface area contributed by atoms with Gasteiger partial charge in [0.15, 0.2) is 0 Å². The van der Waals surface area contributed by atoms with E-state index in [9.17, 15) is 9.90 Å². The van der Waals surface area contributed by atoms with Gasteiger partial charge in [0.05, 0.1) is 8.04 Å². The summed E-state index contributed by atoms with van der Waals surface area (Å²) in [5, 5.41) is 12.2. The molecule has 0 saturated carbocycles. The Morgan fingerprint density at radius 1 is 1.39 bits per heavy atom. The van der Waals surface area contributed by atoms with E-state index in [0.29, 0.717) is 19.4 Å². The summed E-state index contributed by atoms with van der Waals surface area (Å²) in [6.07, 6.45) is 1.59. The Morgan fingerprint density at radius 3 is 2.83 bits per heavy atom. The molecule has 2 N–H and O–H groups in total. The fourth-order valence-corrected chi connectivity index (χ4v) is 2.00. The van der Waals surface area contributed by atoms with Gasteiger partial charge in [-0.3, -0.25) is 4.79 Å². The van der Waals surface area contributed by atoms with Gasteiger partial charge in [0.1, 0.15) is 11.6 Å². The second-order valence-corrected chi connectivity index (χ2v) is 5.47. The molecule has 0 aliphatic rings. The van der Waals surface area contributed by atoms with Crippen LogP contribution in [0.25, 0.3) is 0 Å². The molecule has 0 aliphatic carbocycles. The highest BCUT2D eigenvalue weighted by atomic mass is 127. The number of aromatic nitrogens is 1. The van der Waals surface area contributed by atoms with Crippen LogP contribution in [0.2, 0.25) is 0 Å². The molecule has 0 aliphatic heterocycles. The summed E-state index contributed by atoms with van der Waals surface area (Å²) in [4.78, 5) is 16.0. The molecular weight excluding hydrogens is 411 g/mol. The molecule has 0 atom stereocenters. The number of carbonyl (C=O) groups excluding carboxylic acids is 1. The normalized spacial score (nSPS) is 10.1. The highest BCUT2D eigenvalue weighted by Crippen LogP contribution is 2.22. The Bertz CT molecular complexity index is 604. The Balaban J connectivity index is 2.22. The van der Waals surface area contributed by atoms with E-state index in [1.807, 2.05) is 22.6 Å². The lowest BCUT2D eigenvalue weighted by Crippen LogP contribution is -2.13. The van der Waals surface area contributed by atoms with Crippen LogP contribution in [-0.4, -0.2) is 16.0 Å². The van der Waals surface area contributed by atoms with E-state index in [1.165, 1.54) is 6.07 Å². The molecule has 4 nitrogen and oxygen atoms in total. The lowest BCUT2D eigenvalue weighted by Gasteiger charge is -2.06. The van der Waals surface area contributed by atoms with Gasteiger partial charge in [-0.05, 0) is 68.9 Å². The van der Waals surface area contributed by atoms with Gasteiger partial charge in [0, 0.05) is 11.8 Å². The number of anilines is 1. The van der Waals surface area contributed by atoms with E-state index in [0.717, 1.165) is 0 Å². The first-order chi connectivity index (χ1) is 8.58. The monoisotopic (exact) mass is 418 g/mol. The molecule has 2 aromatic rings. The molecular formula is C12H8BrIN2O2. The van der Waals surface area contributed by atoms with Gasteiger partial charge in [-0.1, -0.05) is 0 Å². The number of amides is 1. The second-order valence-electron chi connectivity index (χ2n) is 3.45. The van der Waals surface area contributed by atoms with Gasteiger partial charge in [-0.15, -0.1) is 0 Å². The van der Waals surface area contributed by atoms with Gasteiger partial charge in [0.25, 0.3) is 5.91 Å². The Labute approximate surface area is 126 Å². The van der Waals surface area contributed by atoms with Crippen molar-refractivity contribution in [1.29, 1.82) is 0 Å². The summed E-state index contributed by atoms with van der Waals surface area (Å²) >= 11 is 5.29. The minimum atomic E-state index is -0.318. The zero-order valence-corrected chi connectivity index (χ0v) is 12.8. The van der Waals surface area contributed by atoms with E-state index in [1.54, 1.807) is 30.5 Å². The quantitative estimate of drug-likeness (QED) is 0.734. The third-order valence-electron chi connectivity index (χ3n) is 2.20. The van der Waals surface area contributed by atoms with Crippen LogP contribution in [-0.2, 0) is 0 Å². The number of phenols is 1. The highest BCUT2D eigenvalue weighted by molar-refractivity contribution is 14.1. The summed E-state index contributed by atoms with van der Waals surface area (Å²) in [6, 6.07) is 8.30. The van der Waals surface area contributed by atoms with Crippen LogP contribution in [0.15, 0.2) is 41.0 Å². The van der Waals surface area contributed by atoms with Crippen molar-refractivity contribution in [3.8, 4) is 5.75 Å². The molecule has 0 bridgehead atoms. The molecule has 92 valence electrons. The Morgan fingerprint density at radius 2 is 2.17 bits per heavy atom. The van der Waals surface area contributed by atoms with Crippen molar-refractivity contribution in [2.75, 3.05) is 5.32 Å². The van der Waals surface area contributed by atoms with Crippen LogP contribution in [0.4, 0.5) is 5.82 Å². The van der Waals surface area contributed by atoms with E-state index < -0.39 is 0 Å². The number of rotatable bonds is 2.